The zero-order valence-corrected chi connectivity index (χ0v) is 17.6. The number of alkyl halides is 2. The fourth-order valence-electron chi connectivity index (χ4n) is 5.89. The van der Waals surface area contributed by atoms with Gasteiger partial charge >= 0.3 is 0 Å². The quantitative estimate of drug-likeness (QED) is 0.791. The number of primary amides is 1. The van der Waals surface area contributed by atoms with Crippen molar-refractivity contribution in [3.8, 4) is 0 Å². The molecule has 2 N–H and O–H groups in total. The summed E-state index contributed by atoms with van der Waals surface area (Å²) in [6, 6.07) is 3.93. The number of nitrogens with two attached hydrogens (primary N) is 1. The van der Waals surface area contributed by atoms with Gasteiger partial charge in [0.1, 0.15) is 11.3 Å². The lowest BCUT2D eigenvalue weighted by Gasteiger charge is -2.57. The van der Waals surface area contributed by atoms with Crippen molar-refractivity contribution >= 4 is 18.3 Å². The van der Waals surface area contributed by atoms with Crippen molar-refractivity contribution in [1.29, 1.82) is 0 Å². The fourth-order valence-corrected chi connectivity index (χ4v) is 5.89. The monoisotopic (exact) mass is 429 g/mol. The molecule has 1 amide bonds. The highest BCUT2D eigenvalue weighted by atomic mass is 35.5. The highest BCUT2D eigenvalue weighted by molar-refractivity contribution is 5.90. The average molecular weight is 430 g/mol. The van der Waals surface area contributed by atoms with Gasteiger partial charge in [-0.1, -0.05) is 6.42 Å². The summed E-state index contributed by atoms with van der Waals surface area (Å²) in [4.78, 5) is 18.1. The van der Waals surface area contributed by atoms with Crippen LogP contribution < -0.4 is 5.73 Å². The van der Waals surface area contributed by atoms with Crippen LogP contribution >= 0.6 is 12.4 Å². The van der Waals surface area contributed by atoms with Gasteiger partial charge in [-0.25, -0.2) is 8.78 Å². The van der Waals surface area contributed by atoms with E-state index in [1.54, 1.807) is 19.4 Å². The van der Waals surface area contributed by atoms with Gasteiger partial charge < -0.3 is 10.5 Å². The van der Waals surface area contributed by atoms with Crippen molar-refractivity contribution in [2.24, 2.45) is 17.6 Å². The number of hydrogen-bond donors (Lipinski definition) is 1. The minimum absolute atomic E-state index is 0. The molecule has 29 heavy (non-hydrogen) atoms. The Kier molecular flexibility index (Phi) is 6.51. The Morgan fingerprint density at radius 1 is 1.21 bits per heavy atom. The lowest BCUT2D eigenvalue weighted by molar-refractivity contribution is -0.178. The molecular weight excluding hydrogens is 400 g/mol. The fraction of sp³-hybridized carbons (Fsp3) is 0.714. The van der Waals surface area contributed by atoms with Crippen molar-refractivity contribution < 1.29 is 18.3 Å². The Morgan fingerprint density at radius 2 is 1.83 bits per heavy atom. The predicted molar refractivity (Wildman–Crippen MR) is 108 cm³/mol. The van der Waals surface area contributed by atoms with Crippen LogP contribution in [0.1, 0.15) is 61.0 Å². The smallest absolute Gasteiger partial charge is 0.267 e. The Morgan fingerprint density at radius 3 is 2.38 bits per heavy atom. The van der Waals surface area contributed by atoms with Crippen molar-refractivity contribution in [1.82, 2.24) is 9.88 Å². The summed E-state index contributed by atoms with van der Waals surface area (Å²) in [7, 11) is 1.74. The average Bonchev–Trinajstić information content (AvgIpc) is 2.67. The van der Waals surface area contributed by atoms with E-state index in [2.05, 4.69) is 9.88 Å². The number of piperidine rings is 1. The lowest BCUT2D eigenvalue weighted by Crippen LogP contribution is -2.61. The number of fused-ring (bicyclic) bond motifs is 2. The van der Waals surface area contributed by atoms with Crippen molar-refractivity contribution in [3.63, 3.8) is 0 Å². The number of rotatable bonds is 4. The maximum atomic E-state index is 13.6. The van der Waals surface area contributed by atoms with E-state index in [0.717, 1.165) is 37.9 Å². The topological polar surface area (TPSA) is 68.5 Å². The van der Waals surface area contributed by atoms with Crippen LogP contribution in [0, 0.1) is 11.8 Å². The van der Waals surface area contributed by atoms with E-state index in [4.69, 9.17) is 10.5 Å². The molecule has 3 fully saturated rings. The summed E-state index contributed by atoms with van der Waals surface area (Å²) in [6.07, 6.45) is 5.93. The summed E-state index contributed by atoms with van der Waals surface area (Å²) in [5.74, 6) is -2.52. The van der Waals surface area contributed by atoms with E-state index in [0.29, 0.717) is 12.8 Å². The summed E-state index contributed by atoms with van der Waals surface area (Å²) in [5.41, 5.74) is 6.19. The molecule has 1 aromatic rings. The molecule has 8 heteroatoms. The highest BCUT2D eigenvalue weighted by Gasteiger charge is 2.54. The van der Waals surface area contributed by atoms with Crippen LogP contribution in [0.3, 0.4) is 0 Å². The second-order valence-electron chi connectivity index (χ2n) is 8.66. The SMILES string of the molecule is CO[C@@]1(c2ccnc(C(N)=O)c2)[C@@H]2CCC[C@H]1CN(C1CCC(F)(F)CC1)C2.Cl. The molecule has 0 radical (unpaired) electrons. The van der Waals surface area contributed by atoms with E-state index >= 15 is 0 Å². The van der Waals surface area contributed by atoms with Gasteiger partial charge in [0.05, 0.1) is 0 Å². The van der Waals surface area contributed by atoms with Gasteiger partial charge in [-0.2, -0.15) is 0 Å². The van der Waals surface area contributed by atoms with Crippen molar-refractivity contribution in [2.45, 2.75) is 62.5 Å². The maximum Gasteiger partial charge on any atom is 0.267 e. The van der Waals surface area contributed by atoms with Crippen LogP contribution in [0.5, 0.6) is 0 Å². The maximum absolute atomic E-state index is 13.6. The molecule has 4 rings (SSSR count). The zero-order valence-electron chi connectivity index (χ0n) is 16.8. The van der Waals surface area contributed by atoms with Crippen LogP contribution in [0.2, 0.25) is 0 Å². The number of nitrogens with zero attached hydrogens (tertiary/aromatic N) is 2. The normalized spacial score (nSPS) is 32.4. The van der Waals surface area contributed by atoms with Gasteiger partial charge in [-0.15, -0.1) is 12.4 Å². The number of carbonyl (C=O) groups excluding carboxylic acids is 1. The molecule has 0 aromatic carbocycles. The molecule has 1 aromatic heterocycles. The first-order chi connectivity index (χ1) is 13.4. The molecule has 2 saturated carbocycles. The zero-order chi connectivity index (χ0) is 19.9. The number of aromatic nitrogens is 1. The largest absolute Gasteiger partial charge is 0.373 e. The van der Waals surface area contributed by atoms with Gasteiger partial charge in [0.25, 0.3) is 5.91 Å². The van der Waals surface area contributed by atoms with E-state index in [1.165, 1.54) is 0 Å². The third-order valence-corrected chi connectivity index (χ3v) is 7.23. The minimum Gasteiger partial charge on any atom is -0.373 e. The van der Waals surface area contributed by atoms with Crippen LogP contribution in [-0.4, -0.2) is 48.0 Å². The van der Waals surface area contributed by atoms with Crippen LogP contribution in [0.25, 0.3) is 0 Å². The highest BCUT2D eigenvalue weighted by Crippen LogP contribution is 2.52. The van der Waals surface area contributed by atoms with E-state index in [9.17, 15) is 13.6 Å². The number of halogens is 3. The van der Waals surface area contributed by atoms with Crippen molar-refractivity contribution in [2.75, 3.05) is 20.2 Å². The van der Waals surface area contributed by atoms with Gasteiger partial charge in [0.2, 0.25) is 5.92 Å². The summed E-state index contributed by atoms with van der Waals surface area (Å²) >= 11 is 0. The van der Waals surface area contributed by atoms with E-state index < -0.39 is 17.4 Å². The Bertz CT molecular complexity index is 724. The first-order valence-corrected chi connectivity index (χ1v) is 10.3. The summed E-state index contributed by atoms with van der Waals surface area (Å²) in [5, 5.41) is 0. The molecule has 5 nitrogen and oxygen atoms in total. The Balaban J connectivity index is 0.00000240. The number of pyridine rings is 1. The number of likely N-dealkylation sites (tertiary alicyclic amines) is 1. The third-order valence-electron chi connectivity index (χ3n) is 7.23. The van der Waals surface area contributed by atoms with Crippen LogP contribution in [0.4, 0.5) is 8.78 Å². The molecule has 1 aliphatic heterocycles. The van der Waals surface area contributed by atoms with Gasteiger partial charge in [-0.05, 0) is 43.4 Å². The Hall–Kier alpha value is -1.31. The number of methoxy groups -OCH3 is 1. The number of hydrogen-bond acceptors (Lipinski definition) is 4. The van der Waals surface area contributed by atoms with Crippen LogP contribution in [0.15, 0.2) is 18.3 Å². The van der Waals surface area contributed by atoms with Gasteiger partial charge in [0.15, 0.2) is 0 Å². The van der Waals surface area contributed by atoms with Gasteiger partial charge in [0, 0.05) is 57.1 Å². The summed E-state index contributed by atoms with van der Waals surface area (Å²) < 4.78 is 33.4. The molecule has 3 aliphatic rings. The molecule has 2 bridgehead atoms. The first kappa shape index (κ1) is 22.4. The number of amides is 1. The Labute approximate surface area is 176 Å². The minimum atomic E-state index is -2.50. The second kappa shape index (κ2) is 8.44. The standard InChI is InChI=1S/C21H29F2N3O2.ClH/c1-28-21(14-7-10-25-18(11-14)19(24)27)15-3-2-4-16(21)13-26(12-15)17-5-8-20(22,23)9-6-17;/h7,10-11,15-17H,2-6,8-9,12-13H2,1H3,(H2,24,27);1H/t15-,16+,21+;. The molecule has 2 heterocycles. The molecule has 0 unspecified atom stereocenters. The van der Waals surface area contributed by atoms with E-state index in [1.807, 2.05) is 6.07 Å². The second-order valence-corrected chi connectivity index (χ2v) is 8.66. The first-order valence-electron chi connectivity index (χ1n) is 10.3. The van der Waals surface area contributed by atoms with E-state index in [-0.39, 0.29) is 48.8 Å². The summed E-state index contributed by atoms with van der Waals surface area (Å²) in [6.45, 7) is 1.68. The number of ether oxygens (including phenoxy) is 1. The lowest BCUT2D eigenvalue weighted by atomic mass is 9.62. The molecular formula is C21H30ClF2N3O2. The van der Waals surface area contributed by atoms with Crippen LogP contribution in [-0.2, 0) is 10.3 Å². The molecule has 1 saturated heterocycles. The third kappa shape index (κ3) is 4.01. The molecule has 3 atom stereocenters. The predicted octanol–water partition coefficient (Wildman–Crippen LogP) is 3.75. The number of carbonyl (C=O) groups is 1. The van der Waals surface area contributed by atoms with Crippen molar-refractivity contribution in [3.05, 3.63) is 29.6 Å². The van der Waals surface area contributed by atoms with Gasteiger partial charge in [-0.3, -0.25) is 14.7 Å². The molecule has 0 spiro atoms. The molecule has 2 aliphatic carbocycles. The molecule has 162 valence electrons.